The Kier molecular flexibility index (Phi) is 6.99. The smallest absolute Gasteiger partial charge is 0.0985 e. The lowest BCUT2D eigenvalue weighted by Crippen LogP contribution is -1.94. The fourth-order valence-corrected chi connectivity index (χ4v) is 7.78. The molecule has 0 bridgehead atoms. The minimum atomic E-state index is 0.693. The SMILES string of the molecule is Nc1cc2ccc(-c3cccc(-c4ccc5ccc6ccc(-c7cccc(-c8ccc9cc(N)c%10cccnc%10c9n8)c7)nc6c5n4)c3)nc2c2ncccc12. The van der Waals surface area contributed by atoms with E-state index in [9.17, 15) is 0 Å². The molecule has 8 nitrogen and oxygen atoms in total. The van der Waals surface area contributed by atoms with Crippen molar-refractivity contribution in [1.82, 2.24) is 29.9 Å². The Balaban J connectivity index is 0.978. The number of aromatic nitrogens is 6. The van der Waals surface area contributed by atoms with Crippen molar-refractivity contribution < 1.29 is 0 Å². The van der Waals surface area contributed by atoms with Gasteiger partial charge in [-0.05, 0) is 72.8 Å². The monoisotopic (exact) mass is 718 g/mol. The van der Waals surface area contributed by atoms with E-state index in [1.807, 2.05) is 60.7 Å². The van der Waals surface area contributed by atoms with Crippen LogP contribution in [0.2, 0.25) is 0 Å². The Morgan fingerprint density at radius 1 is 0.304 bits per heavy atom. The highest BCUT2D eigenvalue weighted by atomic mass is 14.8. The molecule has 6 heterocycles. The Morgan fingerprint density at radius 2 is 0.643 bits per heavy atom. The first kappa shape index (κ1) is 31.7. The fraction of sp³-hybridized carbons (Fsp3) is 0. The van der Waals surface area contributed by atoms with Gasteiger partial charge in [-0.15, -0.1) is 0 Å². The van der Waals surface area contributed by atoms with Crippen molar-refractivity contribution in [2.24, 2.45) is 0 Å². The van der Waals surface area contributed by atoms with Crippen LogP contribution in [-0.2, 0) is 0 Å². The quantitative estimate of drug-likeness (QED) is 0.136. The molecule has 0 aliphatic carbocycles. The second-order valence-electron chi connectivity index (χ2n) is 14.0. The number of hydrogen-bond donors (Lipinski definition) is 2. The molecule has 0 spiro atoms. The van der Waals surface area contributed by atoms with Gasteiger partial charge in [0.1, 0.15) is 0 Å². The largest absolute Gasteiger partial charge is 0.398 e. The molecule has 8 heteroatoms. The predicted octanol–water partition coefficient (Wildman–Crippen LogP) is 10.8. The molecule has 0 saturated heterocycles. The van der Waals surface area contributed by atoms with Crippen LogP contribution in [-0.4, -0.2) is 29.9 Å². The second kappa shape index (κ2) is 12.4. The third-order valence-electron chi connectivity index (χ3n) is 10.6. The van der Waals surface area contributed by atoms with Gasteiger partial charge < -0.3 is 11.5 Å². The Labute approximate surface area is 320 Å². The van der Waals surface area contributed by atoms with Crippen LogP contribution in [0.5, 0.6) is 0 Å². The van der Waals surface area contributed by atoms with Crippen LogP contribution in [0.4, 0.5) is 11.4 Å². The first-order valence-electron chi connectivity index (χ1n) is 18.3. The molecule has 0 amide bonds. The average Bonchev–Trinajstić information content (AvgIpc) is 3.26. The lowest BCUT2D eigenvalue weighted by atomic mass is 10.0. The second-order valence-corrected chi connectivity index (χ2v) is 14.0. The van der Waals surface area contributed by atoms with Crippen LogP contribution in [0.15, 0.2) is 158 Å². The topological polar surface area (TPSA) is 129 Å². The summed E-state index contributed by atoms with van der Waals surface area (Å²) in [6.45, 7) is 0. The fourth-order valence-electron chi connectivity index (χ4n) is 7.78. The molecule has 0 aliphatic heterocycles. The van der Waals surface area contributed by atoms with Crippen molar-refractivity contribution in [3.63, 3.8) is 0 Å². The highest BCUT2D eigenvalue weighted by Gasteiger charge is 2.14. The molecule has 0 aliphatic rings. The van der Waals surface area contributed by atoms with E-state index in [-0.39, 0.29) is 0 Å². The van der Waals surface area contributed by atoms with Crippen LogP contribution in [0.1, 0.15) is 0 Å². The molecule has 0 atom stereocenters. The van der Waals surface area contributed by atoms with Crippen LogP contribution < -0.4 is 11.5 Å². The van der Waals surface area contributed by atoms with E-state index in [1.165, 1.54) is 0 Å². The van der Waals surface area contributed by atoms with E-state index in [4.69, 9.17) is 31.4 Å². The van der Waals surface area contributed by atoms with Crippen molar-refractivity contribution in [2.45, 2.75) is 0 Å². The van der Waals surface area contributed by atoms with Gasteiger partial charge in [0.25, 0.3) is 0 Å². The van der Waals surface area contributed by atoms with Gasteiger partial charge in [0.2, 0.25) is 0 Å². The number of nitrogens with two attached hydrogens (primary N) is 2. The van der Waals surface area contributed by atoms with Gasteiger partial charge in [0, 0.05) is 78.3 Å². The third-order valence-corrected chi connectivity index (χ3v) is 10.6. The Hall–Kier alpha value is -7.84. The maximum atomic E-state index is 6.34. The zero-order chi connectivity index (χ0) is 37.3. The highest BCUT2D eigenvalue weighted by molar-refractivity contribution is 6.10. The number of nitrogens with zero attached hydrogens (tertiary/aromatic N) is 6. The van der Waals surface area contributed by atoms with E-state index in [2.05, 4.69) is 94.9 Å². The van der Waals surface area contributed by atoms with E-state index < -0.39 is 0 Å². The molecule has 6 aromatic heterocycles. The normalized spacial score (nSPS) is 11.7. The van der Waals surface area contributed by atoms with Crippen molar-refractivity contribution >= 4 is 76.8 Å². The number of rotatable bonds is 4. The molecule has 262 valence electrons. The molecule has 11 aromatic rings. The Bertz CT molecular complexity index is 3190. The lowest BCUT2D eigenvalue weighted by molar-refractivity contribution is 1.35. The van der Waals surface area contributed by atoms with Crippen LogP contribution in [0.25, 0.3) is 110 Å². The average molecular weight is 719 g/mol. The summed E-state index contributed by atoms with van der Waals surface area (Å²) >= 11 is 0. The molecular formula is C48H30N8. The summed E-state index contributed by atoms with van der Waals surface area (Å²) in [5, 5.41) is 5.75. The minimum absolute atomic E-state index is 0.693. The summed E-state index contributed by atoms with van der Waals surface area (Å²) < 4.78 is 0. The summed E-state index contributed by atoms with van der Waals surface area (Å²) in [6, 6.07) is 49.1. The standard InChI is InChI=1S/C48H30N8/c49-37-25-33-15-19-41(55-45(33)47-35(37)9-3-21-51-47)31-7-1-5-29(23-31)39-17-13-27-11-12-28-14-18-40(54-44(28)43(27)53-39)30-6-2-8-32(24-30)42-20-16-34-26-38(50)36-10-4-22-52-48(36)46(34)56-42/h1-26H,49-50H2. The Morgan fingerprint density at radius 3 is 1.04 bits per heavy atom. The van der Waals surface area contributed by atoms with E-state index in [1.54, 1.807) is 12.4 Å². The van der Waals surface area contributed by atoms with Gasteiger partial charge in [-0.2, -0.15) is 0 Å². The number of nitrogen functional groups attached to an aromatic ring is 2. The molecule has 0 unspecified atom stereocenters. The molecule has 11 rings (SSSR count). The molecular weight excluding hydrogens is 689 g/mol. The maximum absolute atomic E-state index is 6.34. The highest BCUT2D eigenvalue weighted by Crippen LogP contribution is 2.35. The first-order valence-corrected chi connectivity index (χ1v) is 18.3. The molecule has 4 N–H and O–H groups in total. The van der Waals surface area contributed by atoms with Crippen LogP contribution in [0.3, 0.4) is 0 Å². The number of benzene rings is 5. The summed E-state index contributed by atoms with van der Waals surface area (Å²) in [6.07, 6.45) is 3.56. The van der Waals surface area contributed by atoms with Gasteiger partial charge in [-0.1, -0.05) is 72.8 Å². The van der Waals surface area contributed by atoms with Gasteiger partial charge in [-0.25, -0.2) is 19.9 Å². The molecule has 0 radical (unpaired) electrons. The van der Waals surface area contributed by atoms with Crippen molar-refractivity contribution in [3.05, 3.63) is 158 Å². The van der Waals surface area contributed by atoms with Gasteiger partial charge in [0.05, 0.1) is 55.9 Å². The van der Waals surface area contributed by atoms with Crippen molar-refractivity contribution in [3.8, 4) is 45.0 Å². The maximum Gasteiger partial charge on any atom is 0.0985 e. The first-order chi connectivity index (χ1) is 27.5. The number of pyridine rings is 6. The molecule has 5 aromatic carbocycles. The number of fused-ring (bicyclic) bond motifs is 9. The van der Waals surface area contributed by atoms with Gasteiger partial charge in [0.15, 0.2) is 0 Å². The van der Waals surface area contributed by atoms with E-state index in [0.717, 1.165) is 110 Å². The van der Waals surface area contributed by atoms with Crippen molar-refractivity contribution in [2.75, 3.05) is 11.5 Å². The van der Waals surface area contributed by atoms with Crippen LogP contribution in [0, 0.1) is 0 Å². The summed E-state index contributed by atoms with van der Waals surface area (Å²) in [5.41, 5.74) is 26.4. The third kappa shape index (κ3) is 5.15. The van der Waals surface area contributed by atoms with E-state index >= 15 is 0 Å². The summed E-state index contributed by atoms with van der Waals surface area (Å²) in [5.74, 6) is 0. The predicted molar refractivity (Wildman–Crippen MR) is 229 cm³/mol. The lowest BCUT2D eigenvalue weighted by Gasteiger charge is -2.11. The summed E-state index contributed by atoms with van der Waals surface area (Å²) in [4.78, 5) is 29.9. The zero-order valence-electron chi connectivity index (χ0n) is 29.8. The minimum Gasteiger partial charge on any atom is -0.398 e. The van der Waals surface area contributed by atoms with E-state index in [0.29, 0.717) is 11.4 Å². The van der Waals surface area contributed by atoms with Crippen molar-refractivity contribution in [1.29, 1.82) is 0 Å². The summed E-state index contributed by atoms with van der Waals surface area (Å²) in [7, 11) is 0. The number of hydrogen-bond acceptors (Lipinski definition) is 8. The molecule has 0 fully saturated rings. The number of anilines is 2. The van der Waals surface area contributed by atoms with Gasteiger partial charge in [-0.3, -0.25) is 9.97 Å². The van der Waals surface area contributed by atoms with Gasteiger partial charge >= 0.3 is 0 Å². The molecule has 0 saturated carbocycles. The molecule has 56 heavy (non-hydrogen) atoms. The zero-order valence-corrected chi connectivity index (χ0v) is 29.8. The van der Waals surface area contributed by atoms with Crippen LogP contribution >= 0.6 is 0 Å².